The minimum absolute atomic E-state index is 0.220. The van der Waals surface area contributed by atoms with E-state index in [1.165, 1.54) is 30.5 Å². The maximum Gasteiger partial charge on any atom is 0.123 e. The molecule has 1 aliphatic rings. The molecule has 0 aliphatic heterocycles. The molecule has 0 amide bonds. The molecule has 0 bridgehead atoms. The molecule has 3 rings (SSSR count). The molecule has 3 heteroatoms. The van der Waals surface area contributed by atoms with Gasteiger partial charge in [-0.05, 0) is 62.1 Å². The molecule has 23 heavy (non-hydrogen) atoms. The summed E-state index contributed by atoms with van der Waals surface area (Å²) in [6.45, 7) is 1.95. The van der Waals surface area contributed by atoms with Crippen molar-refractivity contribution in [3.8, 4) is 5.75 Å². The lowest BCUT2D eigenvalue weighted by Crippen LogP contribution is -2.27. The van der Waals surface area contributed by atoms with Crippen molar-refractivity contribution < 1.29 is 9.13 Å². The lowest BCUT2D eigenvalue weighted by atomic mass is 10.1. The molecule has 0 N–H and O–H groups in total. The summed E-state index contributed by atoms with van der Waals surface area (Å²) in [6, 6.07) is 16.9. The summed E-state index contributed by atoms with van der Waals surface area (Å²) in [5.74, 6) is 1.21. The second kappa shape index (κ2) is 7.60. The van der Waals surface area contributed by atoms with Crippen LogP contribution in [-0.4, -0.2) is 24.6 Å². The molecule has 1 aliphatic carbocycles. The smallest absolute Gasteiger partial charge is 0.123 e. The normalized spacial score (nSPS) is 15.6. The highest BCUT2D eigenvalue weighted by Gasteiger charge is 2.32. The molecule has 1 atom stereocenters. The van der Waals surface area contributed by atoms with Crippen LogP contribution in [0.15, 0.2) is 54.6 Å². The molecule has 0 saturated heterocycles. The first-order valence-electron chi connectivity index (χ1n) is 8.35. The molecular weight excluding hydrogens is 289 g/mol. The van der Waals surface area contributed by atoms with Crippen LogP contribution in [0, 0.1) is 11.7 Å². The van der Waals surface area contributed by atoms with E-state index in [0.29, 0.717) is 5.92 Å². The molecule has 2 aromatic carbocycles. The van der Waals surface area contributed by atoms with Crippen LogP contribution in [0.1, 0.15) is 24.8 Å². The quantitative estimate of drug-likeness (QED) is 0.711. The molecule has 1 unspecified atom stereocenters. The van der Waals surface area contributed by atoms with E-state index < -0.39 is 0 Å². The van der Waals surface area contributed by atoms with Gasteiger partial charge < -0.3 is 9.64 Å². The van der Waals surface area contributed by atoms with Crippen LogP contribution in [0.5, 0.6) is 5.75 Å². The number of benzene rings is 2. The van der Waals surface area contributed by atoms with E-state index in [-0.39, 0.29) is 11.9 Å². The summed E-state index contributed by atoms with van der Waals surface area (Å²) in [5, 5.41) is 0. The van der Waals surface area contributed by atoms with Gasteiger partial charge in [0.2, 0.25) is 0 Å². The Morgan fingerprint density at radius 2 is 1.78 bits per heavy atom. The highest BCUT2D eigenvalue weighted by atomic mass is 19.1. The molecule has 2 nitrogen and oxygen atoms in total. The van der Waals surface area contributed by atoms with Gasteiger partial charge in [-0.1, -0.05) is 30.3 Å². The average molecular weight is 313 g/mol. The van der Waals surface area contributed by atoms with Gasteiger partial charge in [0, 0.05) is 13.1 Å². The van der Waals surface area contributed by atoms with Gasteiger partial charge in [-0.3, -0.25) is 0 Å². The van der Waals surface area contributed by atoms with Gasteiger partial charge in [-0.25, -0.2) is 4.39 Å². The van der Waals surface area contributed by atoms with Crippen molar-refractivity contribution in [1.82, 2.24) is 4.90 Å². The lowest BCUT2D eigenvalue weighted by Gasteiger charge is -2.23. The number of nitrogens with zero attached hydrogens (tertiary/aromatic N) is 1. The van der Waals surface area contributed by atoms with Crippen LogP contribution in [0.4, 0.5) is 4.39 Å². The van der Waals surface area contributed by atoms with E-state index in [4.69, 9.17) is 4.74 Å². The highest BCUT2D eigenvalue weighted by molar-refractivity contribution is 5.22. The standard InChI is InChI=1S/C20H24FNO/c1-22(15-16-5-3-2-4-6-16)14-13-20(17-7-8-17)23-19-11-9-18(21)10-12-19/h2-6,9-12,17,20H,7-8,13-15H2,1H3. The van der Waals surface area contributed by atoms with Gasteiger partial charge in [0.1, 0.15) is 17.7 Å². The molecule has 1 saturated carbocycles. The van der Waals surface area contributed by atoms with Crippen molar-refractivity contribution in [3.63, 3.8) is 0 Å². The summed E-state index contributed by atoms with van der Waals surface area (Å²) in [6.07, 6.45) is 3.73. The zero-order valence-corrected chi connectivity index (χ0v) is 13.6. The van der Waals surface area contributed by atoms with Crippen molar-refractivity contribution in [2.45, 2.75) is 31.9 Å². The summed E-state index contributed by atoms with van der Waals surface area (Å²) in [7, 11) is 2.15. The van der Waals surface area contributed by atoms with E-state index in [1.54, 1.807) is 12.1 Å². The molecule has 1 fully saturated rings. The van der Waals surface area contributed by atoms with Crippen LogP contribution in [0.25, 0.3) is 0 Å². The minimum atomic E-state index is -0.220. The number of hydrogen-bond acceptors (Lipinski definition) is 2. The predicted molar refractivity (Wildman–Crippen MR) is 90.9 cm³/mol. The third-order valence-corrected chi connectivity index (χ3v) is 4.34. The fourth-order valence-corrected chi connectivity index (χ4v) is 2.87. The second-order valence-electron chi connectivity index (χ2n) is 6.46. The van der Waals surface area contributed by atoms with Crippen LogP contribution >= 0.6 is 0 Å². The molecule has 0 radical (unpaired) electrons. The molecular formula is C20H24FNO. The molecule has 0 heterocycles. The van der Waals surface area contributed by atoms with Crippen LogP contribution in [0.2, 0.25) is 0 Å². The monoisotopic (exact) mass is 313 g/mol. The molecule has 0 aromatic heterocycles. The Labute approximate surface area is 137 Å². The zero-order valence-electron chi connectivity index (χ0n) is 13.6. The summed E-state index contributed by atoms with van der Waals surface area (Å²) in [5.41, 5.74) is 1.33. The van der Waals surface area contributed by atoms with Crippen molar-refractivity contribution in [2.24, 2.45) is 5.92 Å². The van der Waals surface area contributed by atoms with Gasteiger partial charge in [0.15, 0.2) is 0 Å². The number of ether oxygens (including phenoxy) is 1. The molecule has 2 aromatic rings. The number of hydrogen-bond donors (Lipinski definition) is 0. The van der Waals surface area contributed by atoms with Crippen LogP contribution in [-0.2, 0) is 6.54 Å². The van der Waals surface area contributed by atoms with Crippen LogP contribution < -0.4 is 4.74 Å². The predicted octanol–water partition coefficient (Wildman–Crippen LogP) is 4.51. The van der Waals surface area contributed by atoms with Gasteiger partial charge in [0.05, 0.1) is 0 Å². The fourth-order valence-electron chi connectivity index (χ4n) is 2.87. The maximum atomic E-state index is 13.0. The Hall–Kier alpha value is -1.87. The van der Waals surface area contributed by atoms with E-state index in [0.717, 1.165) is 25.3 Å². The number of halogens is 1. The first kappa shape index (κ1) is 16.0. The first-order valence-corrected chi connectivity index (χ1v) is 8.35. The van der Waals surface area contributed by atoms with E-state index >= 15 is 0 Å². The van der Waals surface area contributed by atoms with E-state index in [2.05, 4.69) is 36.2 Å². The van der Waals surface area contributed by atoms with Crippen molar-refractivity contribution in [2.75, 3.05) is 13.6 Å². The van der Waals surface area contributed by atoms with Crippen molar-refractivity contribution in [1.29, 1.82) is 0 Å². The number of rotatable bonds is 8. The lowest BCUT2D eigenvalue weighted by molar-refractivity contribution is 0.149. The summed E-state index contributed by atoms with van der Waals surface area (Å²) in [4.78, 5) is 2.33. The van der Waals surface area contributed by atoms with Crippen LogP contribution in [0.3, 0.4) is 0 Å². The van der Waals surface area contributed by atoms with E-state index in [1.807, 2.05) is 6.07 Å². The SMILES string of the molecule is CN(CCC(Oc1ccc(F)cc1)C1CC1)Cc1ccccc1. The molecule has 122 valence electrons. The fraction of sp³-hybridized carbons (Fsp3) is 0.400. The molecule has 0 spiro atoms. The van der Waals surface area contributed by atoms with Gasteiger partial charge >= 0.3 is 0 Å². The van der Waals surface area contributed by atoms with E-state index in [9.17, 15) is 4.39 Å². The van der Waals surface area contributed by atoms with Gasteiger partial charge in [0.25, 0.3) is 0 Å². The largest absolute Gasteiger partial charge is 0.490 e. The summed E-state index contributed by atoms with van der Waals surface area (Å²) < 4.78 is 19.1. The average Bonchev–Trinajstić information content (AvgIpc) is 3.39. The topological polar surface area (TPSA) is 12.5 Å². The highest BCUT2D eigenvalue weighted by Crippen LogP contribution is 2.36. The Balaban J connectivity index is 1.50. The second-order valence-corrected chi connectivity index (χ2v) is 6.46. The Bertz CT molecular complexity index is 595. The van der Waals surface area contributed by atoms with Crippen molar-refractivity contribution in [3.05, 3.63) is 66.0 Å². The van der Waals surface area contributed by atoms with Crippen molar-refractivity contribution >= 4 is 0 Å². The van der Waals surface area contributed by atoms with Gasteiger partial charge in [-0.2, -0.15) is 0 Å². The third-order valence-electron chi connectivity index (χ3n) is 4.34. The Morgan fingerprint density at radius 1 is 1.09 bits per heavy atom. The Morgan fingerprint density at radius 3 is 2.43 bits per heavy atom. The Kier molecular flexibility index (Phi) is 5.29. The third kappa shape index (κ3) is 5.07. The van der Waals surface area contributed by atoms with Gasteiger partial charge in [-0.15, -0.1) is 0 Å². The first-order chi connectivity index (χ1) is 11.2. The summed E-state index contributed by atoms with van der Waals surface area (Å²) >= 11 is 0. The minimum Gasteiger partial charge on any atom is -0.490 e. The maximum absolute atomic E-state index is 13.0. The zero-order chi connectivity index (χ0) is 16.1.